The highest BCUT2D eigenvalue weighted by Gasteiger charge is 2.18. The van der Waals surface area contributed by atoms with E-state index in [-0.39, 0.29) is 5.41 Å². The smallest absolute Gasteiger partial charge is 0.122 e. The second-order valence-electron chi connectivity index (χ2n) is 5.16. The monoisotopic (exact) mass is 227 g/mol. The van der Waals surface area contributed by atoms with E-state index in [2.05, 4.69) is 50.0 Å². The molecule has 0 aromatic carbocycles. The third-order valence-corrected chi connectivity index (χ3v) is 3.51. The first-order chi connectivity index (χ1) is 6.89. The molecule has 15 heavy (non-hydrogen) atoms. The van der Waals surface area contributed by atoms with E-state index in [4.69, 9.17) is 0 Å². The van der Waals surface area contributed by atoms with Gasteiger partial charge in [-0.1, -0.05) is 20.8 Å². The predicted molar refractivity (Wildman–Crippen MR) is 65.5 cm³/mol. The van der Waals surface area contributed by atoms with Crippen molar-refractivity contribution in [2.24, 2.45) is 0 Å². The molecule has 0 aliphatic carbocycles. The molecule has 1 aromatic rings. The fourth-order valence-corrected chi connectivity index (χ4v) is 2.14. The van der Waals surface area contributed by atoms with Gasteiger partial charge in [-0.2, -0.15) is 0 Å². The third-order valence-electron chi connectivity index (χ3n) is 2.10. The molecular formula is C11H21N3S. The Hall–Kier alpha value is -0.480. The molecule has 0 amide bonds. The highest BCUT2D eigenvalue weighted by molar-refractivity contribution is 7.11. The Morgan fingerprint density at radius 2 is 1.87 bits per heavy atom. The minimum atomic E-state index is 0.136. The Kier molecular flexibility index (Phi) is 4.22. The third kappa shape index (κ3) is 4.26. The van der Waals surface area contributed by atoms with Crippen molar-refractivity contribution in [2.75, 3.05) is 20.6 Å². The topological polar surface area (TPSA) is 29.0 Å². The molecular weight excluding hydrogens is 206 g/mol. The lowest BCUT2D eigenvalue weighted by molar-refractivity contribution is 0.400. The predicted octanol–water partition coefficient (Wildman–Crippen LogP) is 2.33. The minimum Gasteiger partial charge on any atom is -0.309 e. The Morgan fingerprint density at radius 1 is 1.20 bits per heavy atom. The van der Waals surface area contributed by atoms with Crippen LogP contribution in [0.15, 0.2) is 0 Å². The molecule has 1 aromatic heterocycles. The number of aryl methyl sites for hydroxylation is 1. The molecule has 0 aliphatic heterocycles. The first kappa shape index (κ1) is 12.6. The van der Waals surface area contributed by atoms with Crippen molar-refractivity contribution in [3.05, 3.63) is 10.0 Å². The molecule has 0 spiro atoms. The van der Waals surface area contributed by atoms with Crippen molar-refractivity contribution in [1.29, 1.82) is 0 Å². The number of nitrogens with zero attached hydrogens (tertiary/aromatic N) is 3. The van der Waals surface area contributed by atoms with Crippen LogP contribution in [-0.4, -0.2) is 35.7 Å². The molecule has 4 heteroatoms. The average Bonchev–Trinajstić information content (AvgIpc) is 2.51. The van der Waals surface area contributed by atoms with Gasteiger partial charge < -0.3 is 4.90 Å². The van der Waals surface area contributed by atoms with Crippen molar-refractivity contribution in [3.8, 4) is 0 Å². The van der Waals surface area contributed by atoms with Gasteiger partial charge >= 0.3 is 0 Å². The molecule has 0 bridgehead atoms. The number of rotatable bonds is 4. The zero-order chi connectivity index (χ0) is 11.5. The normalized spacial score (nSPS) is 12.4. The maximum atomic E-state index is 4.24. The highest BCUT2D eigenvalue weighted by Crippen LogP contribution is 2.25. The molecule has 0 radical (unpaired) electrons. The molecule has 0 fully saturated rings. The second-order valence-corrected chi connectivity index (χ2v) is 6.22. The molecule has 3 nitrogen and oxygen atoms in total. The summed E-state index contributed by atoms with van der Waals surface area (Å²) in [7, 11) is 4.20. The Balaban J connectivity index is 2.47. The molecule has 0 saturated heterocycles. The van der Waals surface area contributed by atoms with Crippen LogP contribution in [-0.2, 0) is 11.8 Å². The maximum Gasteiger partial charge on any atom is 0.122 e. The van der Waals surface area contributed by atoms with Crippen molar-refractivity contribution in [3.63, 3.8) is 0 Å². The Morgan fingerprint density at radius 3 is 2.33 bits per heavy atom. The summed E-state index contributed by atoms with van der Waals surface area (Å²) in [4.78, 5) is 2.20. The average molecular weight is 227 g/mol. The molecule has 1 rings (SSSR count). The van der Waals surface area contributed by atoms with Gasteiger partial charge in [0, 0.05) is 11.8 Å². The van der Waals surface area contributed by atoms with Crippen LogP contribution in [0.2, 0.25) is 0 Å². The van der Waals surface area contributed by atoms with Gasteiger partial charge in [0.15, 0.2) is 0 Å². The molecule has 86 valence electrons. The molecule has 0 N–H and O–H groups in total. The fraction of sp³-hybridized carbons (Fsp3) is 0.818. The lowest BCUT2D eigenvalue weighted by Gasteiger charge is -2.12. The van der Waals surface area contributed by atoms with E-state index < -0.39 is 0 Å². The van der Waals surface area contributed by atoms with Crippen molar-refractivity contribution < 1.29 is 0 Å². The zero-order valence-corrected chi connectivity index (χ0v) is 11.2. The second kappa shape index (κ2) is 5.03. The lowest BCUT2D eigenvalue weighted by atomic mass is 9.98. The summed E-state index contributed by atoms with van der Waals surface area (Å²) in [6, 6.07) is 0. The summed E-state index contributed by atoms with van der Waals surface area (Å²) in [5, 5.41) is 10.8. The van der Waals surface area contributed by atoms with Crippen LogP contribution in [0.3, 0.4) is 0 Å². The van der Waals surface area contributed by atoms with Crippen LogP contribution < -0.4 is 0 Å². The number of aromatic nitrogens is 2. The van der Waals surface area contributed by atoms with E-state index in [9.17, 15) is 0 Å². The molecule has 0 atom stereocenters. The molecule has 0 aliphatic rings. The van der Waals surface area contributed by atoms with Crippen molar-refractivity contribution >= 4 is 11.3 Å². The Labute approximate surface area is 96.5 Å². The molecule has 1 heterocycles. The Bertz CT molecular complexity index is 299. The van der Waals surface area contributed by atoms with Crippen LogP contribution in [0, 0.1) is 0 Å². The molecule has 0 unspecified atom stereocenters. The fourth-order valence-electron chi connectivity index (χ4n) is 1.20. The van der Waals surface area contributed by atoms with Crippen LogP contribution in [0.4, 0.5) is 0 Å². The van der Waals surface area contributed by atoms with Crippen LogP contribution in [0.5, 0.6) is 0 Å². The summed E-state index contributed by atoms with van der Waals surface area (Å²) in [6.45, 7) is 7.65. The van der Waals surface area contributed by atoms with Gasteiger partial charge in [0.2, 0.25) is 0 Å². The van der Waals surface area contributed by atoms with Gasteiger partial charge in [0.1, 0.15) is 10.0 Å². The highest BCUT2D eigenvalue weighted by atomic mass is 32.1. The van der Waals surface area contributed by atoms with Crippen molar-refractivity contribution in [2.45, 2.75) is 39.0 Å². The standard InChI is InChI=1S/C11H21N3S/c1-11(2,3)10-13-12-9(15-10)7-6-8-14(4)5/h6-8H2,1-5H3. The summed E-state index contributed by atoms with van der Waals surface area (Å²) < 4.78 is 0. The summed E-state index contributed by atoms with van der Waals surface area (Å²) in [6.07, 6.45) is 2.21. The summed E-state index contributed by atoms with van der Waals surface area (Å²) >= 11 is 1.75. The maximum absolute atomic E-state index is 4.24. The minimum absolute atomic E-state index is 0.136. The van der Waals surface area contributed by atoms with Gasteiger partial charge in [-0.3, -0.25) is 0 Å². The zero-order valence-electron chi connectivity index (χ0n) is 10.4. The SMILES string of the molecule is CN(C)CCCc1nnc(C(C)(C)C)s1. The van der Waals surface area contributed by atoms with E-state index in [1.807, 2.05) is 0 Å². The van der Waals surface area contributed by atoms with E-state index in [1.54, 1.807) is 11.3 Å². The van der Waals surface area contributed by atoms with E-state index in [0.29, 0.717) is 0 Å². The van der Waals surface area contributed by atoms with Gasteiger partial charge in [-0.05, 0) is 27.1 Å². The quantitative estimate of drug-likeness (QED) is 0.790. The number of hydrogen-bond acceptors (Lipinski definition) is 4. The largest absolute Gasteiger partial charge is 0.309 e. The van der Waals surface area contributed by atoms with Gasteiger partial charge in [-0.25, -0.2) is 0 Å². The van der Waals surface area contributed by atoms with Crippen LogP contribution in [0.25, 0.3) is 0 Å². The lowest BCUT2D eigenvalue weighted by Crippen LogP contribution is -2.13. The van der Waals surface area contributed by atoms with E-state index in [0.717, 1.165) is 24.4 Å². The van der Waals surface area contributed by atoms with Crippen LogP contribution in [0.1, 0.15) is 37.2 Å². The van der Waals surface area contributed by atoms with Gasteiger partial charge in [0.25, 0.3) is 0 Å². The summed E-state index contributed by atoms with van der Waals surface area (Å²) in [5.41, 5.74) is 0.136. The van der Waals surface area contributed by atoms with E-state index >= 15 is 0 Å². The van der Waals surface area contributed by atoms with Gasteiger partial charge in [0.05, 0.1) is 0 Å². The van der Waals surface area contributed by atoms with E-state index in [1.165, 1.54) is 5.01 Å². The first-order valence-electron chi connectivity index (χ1n) is 5.37. The number of hydrogen-bond donors (Lipinski definition) is 0. The first-order valence-corrected chi connectivity index (χ1v) is 6.19. The van der Waals surface area contributed by atoms with Gasteiger partial charge in [-0.15, -0.1) is 21.5 Å². The molecule has 0 saturated carbocycles. The van der Waals surface area contributed by atoms with Crippen LogP contribution >= 0.6 is 11.3 Å². The van der Waals surface area contributed by atoms with Crippen molar-refractivity contribution in [1.82, 2.24) is 15.1 Å². The summed E-state index contributed by atoms with van der Waals surface area (Å²) in [5.74, 6) is 0.